The SMILES string of the molecule is O=C(Nc1ccc(Cl)c(Cl)c1)c1ccc(CN(c2ccccc2)S(=O)(=O)c2ccccc2)cc1. The number of nitrogens with zero attached hydrogens (tertiary/aromatic N) is 1. The summed E-state index contributed by atoms with van der Waals surface area (Å²) in [5, 5.41) is 3.51. The minimum atomic E-state index is -3.80. The summed E-state index contributed by atoms with van der Waals surface area (Å²) in [5.41, 5.74) is 2.22. The van der Waals surface area contributed by atoms with Crippen molar-refractivity contribution in [3.63, 3.8) is 0 Å². The van der Waals surface area contributed by atoms with E-state index in [1.165, 1.54) is 4.31 Å². The lowest BCUT2D eigenvalue weighted by Gasteiger charge is -2.25. The Kier molecular flexibility index (Phi) is 7.22. The molecule has 0 bridgehead atoms. The molecule has 0 aromatic heterocycles. The predicted octanol–water partition coefficient (Wildman–Crippen LogP) is 6.64. The number of amides is 1. The van der Waals surface area contributed by atoms with Crippen molar-refractivity contribution in [2.75, 3.05) is 9.62 Å². The van der Waals surface area contributed by atoms with Crippen LogP contribution >= 0.6 is 23.2 Å². The van der Waals surface area contributed by atoms with Crippen LogP contribution < -0.4 is 9.62 Å². The van der Waals surface area contributed by atoms with Gasteiger partial charge in [0, 0.05) is 11.3 Å². The van der Waals surface area contributed by atoms with E-state index in [1.807, 2.05) is 6.07 Å². The van der Waals surface area contributed by atoms with E-state index in [2.05, 4.69) is 5.32 Å². The molecule has 4 rings (SSSR count). The van der Waals surface area contributed by atoms with Crippen molar-refractivity contribution in [1.29, 1.82) is 0 Å². The van der Waals surface area contributed by atoms with Crippen LogP contribution in [0, 0.1) is 0 Å². The maximum atomic E-state index is 13.4. The molecule has 1 amide bonds. The number of anilines is 2. The Morgan fingerprint density at radius 1 is 0.765 bits per heavy atom. The molecule has 0 heterocycles. The molecule has 0 aliphatic carbocycles. The van der Waals surface area contributed by atoms with Gasteiger partial charge in [-0.1, -0.05) is 71.7 Å². The maximum absolute atomic E-state index is 13.4. The van der Waals surface area contributed by atoms with Crippen LogP contribution in [0.1, 0.15) is 15.9 Å². The number of benzene rings is 4. The van der Waals surface area contributed by atoms with E-state index < -0.39 is 10.0 Å². The summed E-state index contributed by atoms with van der Waals surface area (Å²) in [7, 11) is -3.80. The van der Waals surface area contributed by atoms with Crippen molar-refractivity contribution in [2.24, 2.45) is 0 Å². The number of carbonyl (C=O) groups is 1. The van der Waals surface area contributed by atoms with Gasteiger partial charge in [-0.25, -0.2) is 8.42 Å². The van der Waals surface area contributed by atoms with E-state index >= 15 is 0 Å². The van der Waals surface area contributed by atoms with Crippen LogP contribution in [0.3, 0.4) is 0 Å². The summed E-state index contributed by atoms with van der Waals surface area (Å²) >= 11 is 11.9. The highest BCUT2D eigenvalue weighted by Gasteiger charge is 2.25. The molecule has 0 saturated heterocycles. The zero-order valence-corrected chi connectivity index (χ0v) is 20.2. The maximum Gasteiger partial charge on any atom is 0.264 e. The monoisotopic (exact) mass is 510 g/mol. The van der Waals surface area contributed by atoms with Gasteiger partial charge >= 0.3 is 0 Å². The summed E-state index contributed by atoms with van der Waals surface area (Å²) in [6.07, 6.45) is 0. The third-order valence-corrected chi connectivity index (χ3v) is 7.62. The van der Waals surface area contributed by atoms with Gasteiger partial charge < -0.3 is 5.32 Å². The molecular weight excluding hydrogens is 491 g/mol. The van der Waals surface area contributed by atoms with Crippen molar-refractivity contribution in [3.8, 4) is 0 Å². The highest BCUT2D eigenvalue weighted by atomic mass is 35.5. The quantitative estimate of drug-likeness (QED) is 0.303. The Labute approximate surface area is 208 Å². The van der Waals surface area contributed by atoms with Gasteiger partial charge in [-0.05, 0) is 60.2 Å². The average Bonchev–Trinajstić information content (AvgIpc) is 2.86. The summed E-state index contributed by atoms with van der Waals surface area (Å²) in [4.78, 5) is 12.8. The lowest BCUT2D eigenvalue weighted by molar-refractivity contribution is 0.102. The van der Waals surface area contributed by atoms with Crippen LogP contribution in [0.15, 0.2) is 108 Å². The average molecular weight is 511 g/mol. The van der Waals surface area contributed by atoms with Crippen molar-refractivity contribution in [1.82, 2.24) is 0 Å². The number of sulfonamides is 1. The zero-order valence-electron chi connectivity index (χ0n) is 17.9. The molecule has 4 aromatic carbocycles. The first kappa shape index (κ1) is 23.8. The van der Waals surface area contributed by atoms with E-state index in [0.717, 1.165) is 5.56 Å². The first-order valence-corrected chi connectivity index (χ1v) is 12.5. The summed E-state index contributed by atoms with van der Waals surface area (Å²) in [5.74, 6) is -0.318. The zero-order chi connectivity index (χ0) is 24.1. The summed E-state index contributed by atoms with van der Waals surface area (Å²) in [6, 6.07) is 28.8. The Hall–Kier alpha value is -3.32. The van der Waals surface area contributed by atoms with Crippen LogP contribution in [0.25, 0.3) is 0 Å². The largest absolute Gasteiger partial charge is 0.322 e. The van der Waals surface area contributed by atoms with Gasteiger partial charge in [-0.3, -0.25) is 9.10 Å². The molecule has 0 saturated carbocycles. The molecule has 34 heavy (non-hydrogen) atoms. The standard InChI is InChI=1S/C26H20Cl2N2O3S/c27-24-16-15-21(17-25(24)28)29-26(31)20-13-11-19(12-14-20)18-30(22-7-3-1-4-8-22)34(32,33)23-9-5-2-6-10-23/h1-17H,18H2,(H,29,31). The van der Waals surface area contributed by atoms with E-state index in [0.29, 0.717) is 27.0 Å². The number of hydrogen-bond acceptors (Lipinski definition) is 3. The highest BCUT2D eigenvalue weighted by Crippen LogP contribution is 2.27. The molecule has 0 spiro atoms. The normalized spacial score (nSPS) is 11.1. The Morgan fingerprint density at radius 3 is 2.00 bits per heavy atom. The lowest BCUT2D eigenvalue weighted by atomic mass is 10.1. The molecule has 172 valence electrons. The summed E-state index contributed by atoms with van der Waals surface area (Å²) < 4.78 is 28.2. The fourth-order valence-electron chi connectivity index (χ4n) is 3.33. The summed E-state index contributed by atoms with van der Waals surface area (Å²) in [6.45, 7) is 0.107. The van der Waals surface area contributed by atoms with Gasteiger partial charge in [-0.15, -0.1) is 0 Å². The van der Waals surface area contributed by atoms with Crippen LogP contribution in [-0.4, -0.2) is 14.3 Å². The molecule has 0 radical (unpaired) electrons. The number of halogens is 2. The molecule has 0 unspecified atom stereocenters. The fourth-order valence-corrected chi connectivity index (χ4v) is 5.11. The second kappa shape index (κ2) is 10.3. The van der Waals surface area contributed by atoms with Crippen molar-refractivity contribution in [3.05, 3.63) is 124 Å². The van der Waals surface area contributed by atoms with E-state index in [4.69, 9.17) is 23.2 Å². The molecule has 8 heteroatoms. The molecule has 5 nitrogen and oxygen atoms in total. The molecule has 4 aromatic rings. The topological polar surface area (TPSA) is 66.5 Å². The Balaban J connectivity index is 1.57. The second-order valence-corrected chi connectivity index (χ2v) is 10.1. The van der Waals surface area contributed by atoms with Gasteiger partial charge in [0.2, 0.25) is 0 Å². The number of nitrogens with one attached hydrogen (secondary N) is 1. The minimum Gasteiger partial charge on any atom is -0.322 e. The van der Waals surface area contributed by atoms with E-state index in [-0.39, 0.29) is 17.3 Å². The Morgan fingerprint density at radius 2 is 1.38 bits per heavy atom. The third-order valence-electron chi connectivity index (χ3n) is 5.10. The molecule has 0 aliphatic heterocycles. The number of hydrogen-bond donors (Lipinski definition) is 1. The number of rotatable bonds is 7. The number of para-hydroxylation sites is 1. The molecule has 0 atom stereocenters. The second-order valence-electron chi connectivity index (χ2n) is 7.44. The smallest absolute Gasteiger partial charge is 0.264 e. The molecular formula is C26H20Cl2N2O3S. The van der Waals surface area contributed by atoms with Crippen LogP contribution in [0.5, 0.6) is 0 Å². The van der Waals surface area contributed by atoms with Gasteiger partial charge in [-0.2, -0.15) is 0 Å². The molecule has 0 aliphatic rings. The van der Waals surface area contributed by atoms with Crippen molar-refractivity contribution < 1.29 is 13.2 Å². The van der Waals surface area contributed by atoms with Gasteiger partial charge in [0.15, 0.2) is 0 Å². The fraction of sp³-hybridized carbons (Fsp3) is 0.0385. The highest BCUT2D eigenvalue weighted by molar-refractivity contribution is 7.92. The van der Waals surface area contributed by atoms with Crippen LogP contribution in [0.4, 0.5) is 11.4 Å². The molecule has 1 N–H and O–H groups in total. The molecule has 0 fully saturated rings. The van der Waals surface area contributed by atoms with Gasteiger partial charge in [0.1, 0.15) is 0 Å². The van der Waals surface area contributed by atoms with Crippen LogP contribution in [0.2, 0.25) is 10.0 Å². The Bertz CT molecular complexity index is 1400. The van der Waals surface area contributed by atoms with E-state index in [9.17, 15) is 13.2 Å². The third kappa shape index (κ3) is 5.42. The number of carbonyl (C=O) groups excluding carboxylic acids is 1. The van der Waals surface area contributed by atoms with Crippen molar-refractivity contribution >= 4 is 50.5 Å². The van der Waals surface area contributed by atoms with Gasteiger partial charge in [0.25, 0.3) is 15.9 Å². The van der Waals surface area contributed by atoms with E-state index in [1.54, 1.807) is 97.1 Å². The van der Waals surface area contributed by atoms with Gasteiger partial charge in [0.05, 0.1) is 27.2 Å². The van der Waals surface area contributed by atoms with Crippen LogP contribution in [-0.2, 0) is 16.6 Å². The minimum absolute atomic E-state index is 0.107. The van der Waals surface area contributed by atoms with Crippen molar-refractivity contribution in [2.45, 2.75) is 11.4 Å². The lowest BCUT2D eigenvalue weighted by Crippen LogP contribution is -2.30. The predicted molar refractivity (Wildman–Crippen MR) is 137 cm³/mol. The first-order chi connectivity index (χ1) is 16.3. The first-order valence-electron chi connectivity index (χ1n) is 10.3.